The van der Waals surface area contributed by atoms with Crippen LogP contribution >= 0.6 is 11.6 Å². The molecule has 0 aliphatic carbocycles. The molecule has 1 aromatic carbocycles. The van der Waals surface area contributed by atoms with Gasteiger partial charge in [0.1, 0.15) is 11.5 Å². The highest BCUT2D eigenvalue weighted by molar-refractivity contribution is 6.35. The van der Waals surface area contributed by atoms with Gasteiger partial charge >= 0.3 is 0 Å². The molecule has 3 heterocycles. The lowest BCUT2D eigenvalue weighted by Gasteiger charge is -2.31. The number of fused-ring (bicyclic) bond motifs is 2. The lowest BCUT2D eigenvalue weighted by atomic mass is 9.83. The van der Waals surface area contributed by atoms with E-state index in [2.05, 4.69) is 30.7 Å². The molecule has 0 radical (unpaired) electrons. The lowest BCUT2D eigenvalue weighted by molar-refractivity contribution is 0.261. The molecule has 0 saturated heterocycles. The zero-order chi connectivity index (χ0) is 18.3. The Hall–Kier alpha value is -2.64. The van der Waals surface area contributed by atoms with Gasteiger partial charge in [-0.05, 0) is 42.0 Å². The highest BCUT2D eigenvalue weighted by Gasteiger charge is 2.28. The maximum absolute atomic E-state index is 12.9. The average molecular weight is 364 g/mol. The van der Waals surface area contributed by atoms with E-state index in [1.165, 1.54) is 0 Å². The highest BCUT2D eigenvalue weighted by Crippen LogP contribution is 2.31. The molecular weight excluding hydrogens is 346 g/mol. The smallest absolute Gasteiger partial charge is 0.262 e. The first-order chi connectivity index (χ1) is 12.4. The standard InChI is InChI=1S/C21H18ClN3O/c1-21(2)8-10-25-18(13-21)24-17-12-14(11-16(22)19(17)20(25)26)6-7-15-5-3-4-9-23-15/h3-5,9,11-12H,8,10,13H2,1-2H3. The van der Waals surface area contributed by atoms with E-state index in [1.54, 1.807) is 16.8 Å². The Morgan fingerprint density at radius 2 is 2.08 bits per heavy atom. The third-order valence-corrected chi connectivity index (χ3v) is 5.04. The molecule has 0 unspecified atom stereocenters. The Bertz CT molecular complexity index is 1120. The summed E-state index contributed by atoms with van der Waals surface area (Å²) >= 11 is 6.41. The molecule has 2 aromatic heterocycles. The molecule has 0 saturated carbocycles. The van der Waals surface area contributed by atoms with Crippen molar-refractivity contribution in [1.29, 1.82) is 0 Å². The first-order valence-corrected chi connectivity index (χ1v) is 8.97. The second-order valence-corrected chi connectivity index (χ2v) is 7.80. The van der Waals surface area contributed by atoms with Gasteiger partial charge in [-0.3, -0.25) is 9.36 Å². The van der Waals surface area contributed by atoms with Crippen LogP contribution in [0.5, 0.6) is 0 Å². The van der Waals surface area contributed by atoms with Crippen molar-refractivity contribution in [2.45, 2.75) is 33.2 Å². The van der Waals surface area contributed by atoms with Crippen molar-refractivity contribution in [3.8, 4) is 11.8 Å². The molecule has 0 bridgehead atoms. The normalized spacial score (nSPS) is 15.2. The summed E-state index contributed by atoms with van der Waals surface area (Å²) in [6, 6.07) is 9.14. The minimum atomic E-state index is -0.0604. The third-order valence-electron chi connectivity index (χ3n) is 4.74. The minimum absolute atomic E-state index is 0.0604. The van der Waals surface area contributed by atoms with Crippen LogP contribution in [0.1, 0.15) is 37.4 Å². The van der Waals surface area contributed by atoms with Crippen molar-refractivity contribution in [3.05, 3.63) is 69.0 Å². The fourth-order valence-electron chi connectivity index (χ4n) is 3.29. The number of hydrogen-bond acceptors (Lipinski definition) is 3. The van der Waals surface area contributed by atoms with Crippen LogP contribution in [0.15, 0.2) is 41.3 Å². The van der Waals surface area contributed by atoms with Gasteiger partial charge in [0.25, 0.3) is 5.56 Å². The number of hydrogen-bond donors (Lipinski definition) is 0. The van der Waals surface area contributed by atoms with Gasteiger partial charge in [-0.2, -0.15) is 0 Å². The maximum Gasteiger partial charge on any atom is 0.262 e. The summed E-state index contributed by atoms with van der Waals surface area (Å²) in [5.41, 5.74) is 2.10. The van der Waals surface area contributed by atoms with Crippen molar-refractivity contribution >= 4 is 22.5 Å². The van der Waals surface area contributed by atoms with E-state index in [9.17, 15) is 4.79 Å². The van der Waals surface area contributed by atoms with E-state index in [1.807, 2.05) is 24.3 Å². The van der Waals surface area contributed by atoms with E-state index < -0.39 is 0 Å². The van der Waals surface area contributed by atoms with Crippen LogP contribution in [-0.2, 0) is 13.0 Å². The first-order valence-electron chi connectivity index (χ1n) is 8.59. The molecule has 1 aliphatic heterocycles. The Balaban J connectivity index is 1.85. The van der Waals surface area contributed by atoms with E-state index in [0.717, 1.165) is 24.2 Å². The van der Waals surface area contributed by atoms with Crippen molar-refractivity contribution in [2.75, 3.05) is 0 Å². The fraction of sp³-hybridized carbons (Fsp3) is 0.286. The van der Waals surface area contributed by atoms with Gasteiger partial charge in [0.2, 0.25) is 0 Å². The summed E-state index contributed by atoms with van der Waals surface area (Å²) in [5, 5.41) is 0.865. The van der Waals surface area contributed by atoms with Crippen LogP contribution in [0.25, 0.3) is 10.9 Å². The summed E-state index contributed by atoms with van der Waals surface area (Å²) in [7, 11) is 0. The number of benzene rings is 1. The molecule has 130 valence electrons. The predicted molar refractivity (Wildman–Crippen MR) is 103 cm³/mol. The Morgan fingerprint density at radius 1 is 1.23 bits per heavy atom. The minimum Gasteiger partial charge on any atom is -0.296 e. The summed E-state index contributed by atoms with van der Waals surface area (Å²) < 4.78 is 1.76. The van der Waals surface area contributed by atoms with Gasteiger partial charge in [0.05, 0.1) is 15.9 Å². The maximum atomic E-state index is 12.9. The molecular formula is C21H18ClN3O. The van der Waals surface area contributed by atoms with Crippen molar-refractivity contribution < 1.29 is 0 Å². The Labute approximate surface area is 156 Å². The quantitative estimate of drug-likeness (QED) is 0.570. The number of rotatable bonds is 0. The summed E-state index contributed by atoms with van der Waals surface area (Å²) in [6.45, 7) is 5.09. The van der Waals surface area contributed by atoms with Gasteiger partial charge in [-0.1, -0.05) is 37.4 Å². The van der Waals surface area contributed by atoms with Gasteiger partial charge < -0.3 is 0 Å². The molecule has 0 atom stereocenters. The molecule has 5 heteroatoms. The van der Waals surface area contributed by atoms with Gasteiger partial charge in [0, 0.05) is 24.7 Å². The number of nitrogens with zero attached hydrogens (tertiary/aromatic N) is 3. The molecule has 4 nitrogen and oxygen atoms in total. The fourth-order valence-corrected chi connectivity index (χ4v) is 3.58. The SMILES string of the molecule is CC1(C)CCn2c(nc3cc(C#Cc4ccccn4)cc(Cl)c3c2=O)C1. The van der Waals surface area contributed by atoms with Gasteiger partial charge in [-0.25, -0.2) is 9.97 Å². The molecule has 4 rings (SSSR count). The van der Waals surface area contributed by atoms with E-state index in [0.29, 0.717) is 28.2 Å². The predicted octanol–water partition coefficient (Wildman–Crippen LogP) is 3.82. The second-order valence-electron chi connectivity index (χ2n) is 7.39. The van der Waals surface area contributed by atoms with Crippen LogP contribution in [0.4, 0.5) is 0 Å². The topological polar surface area (TPSA) is 47.8 Å². The van der Waals surface area contributed by atoms with Crippen LogP contribution < -0.4 is 5.56 Å². The van der Waals surface area contributed by atoms with E-state index >= 15 is 0 Å². The summed E-state index contributed by atoms with van der Waals surface area (Å²) in [5.74, 6) is 6.90. The number of halogens is 1. The molecule has 26 heavy (non-hydrogen) atoms. The molecule has 0 amide bonds. The molecule has 0 spiro atoms. The molecule has 1 aliphatic rings. The van der Waals surface area contributed by atoms with Gasteiger partial charge in [-0.15, -0.1) is 0 Å². The summed E-state index contributed by atoms with van der Waals surface area (Å²) in [4.78, 5) is 21.8. The number of aromatic nitrogens is 3. The van der Waals surface area contributed by atoms with Crippen LogP contribution in [0.3, 0.4) is 0 Å². The van der Waals surface area contributed by atoms with Crippen molar-refractivity contribution in [3.63, 3.8) is 0 Å². The number of pyridine rings is 1. The monoisotopic (exact) mass is 363 g/mol. The first kappa shape index (κ1) is 16.8. The summed E-state index contributed by atoms with van der Waals surface area (Å²) in [6.07, 6.45) is 3.44. The zero-order valence-electron chi connectivity index (χ0n) is 14.7. The lowest BCUT2D eigenvalue weighted by Crippen LogP contribution is -2.35. The van der Waals surface area contributed by atoms with Crippen molar-refractivity contribution in [1.82, 2.24) is 14.5 Å². The van der Waals surface area contributed by atoms with Crippen molar-refractivity contribution in [2.24, 2.45) is 5.41 Å². The Morgan fingerprint density at radius 3 is 2.85 bits per heavy atom. The van der Waals surface area contributed by atoms with Crippen LogP contribution in [-0.4, -0.2) is 14.5 Å². The second kappa shape index (κ2) is 6.26. The highest BCUT2D eigenvalue weighted by atomic mass is 35.5. The van der Waals surface area contributed by atoms with Crippen LogP contribution in [0.2, 0.25) is 5.02 Å². The molecule has 3 aromatic rings. The van der Waals surface area contributed by atoms with E-state index in [-0.39, 0.29) is 11.0 Å². The molecule has 0 fully saturated rings. The molecule has 0 N–H and O–H groups in total. The third kappa shape index (κ3) is 3.11. The average Bonchev–Trinajstić information content (AvgIpc) is 2.59. The van der Waals surface area contributed by atoms with Gasteiger partial charge in [0.15, 0.2) is 0 Å². The zero-order valence-corrected chi connectivity index (χ0v) is 15.5. The Kier molecular flexibility index (Phi) is 4.05. The largest absolute Gasteiger partial charge is 0.296 e. The van der Waals surface area contributed by atoms with Crippen LogP contribution in [0, 0.1) is 17.3 Å². The van der Waals surface area contributed by atoms with E-state index in [4.69, 9.17) is 16.6 Å².